The number of H-pyrrole nitrogens is 1. The zero-order valence-electron chi connectivity index (χ0n) is 19.1. The number of nitrogens with zero attached hydrogens (tertiary/aromatic N) is 3. The molecule has 0 spiro atoms. The number of hydrogen-bond acceptors (Lipinski definition) is 5. The Morgan fingerprint density at radius 3 is 2.71 bits per heavy atom. The van der Waals surface area contributed by atoms with Gasteiger partial charge in [0.05, 0.1) is 23.8 Å². The number of halogens is 2. The molecule has 8 nitrogen and oxygen atoms in total. The highest BCUT2D eigenvalue weighted by molar-refractivity contribution is 5.94. The summed E-state index contributed by atoms with van der Waals surface area (Å²) in [7, 11) is 0. The summed E-state index contributed by atoms with van der Waals surface area (Å²) >= 11 is 0. The van der Waals surface area contributed by atoms with Crippen LogP contribution in [0, 0.1) is 11.6 Å². The third kappa shape index (κ3) is 3.51. The highest BCUT2D eigenvalue weighted by Gasteiger charge is 2.46. The molecule has 2 atom stereocenters. The SMILES string of the molecule is C[C@@]1(C(=O)O)CC(c2c(C3CCOCC3)n(-c3ccc(F)c(F)c3)c3cc4cn[nH]c4nc23)CO1. The van der Waals surface area contributed by atoms with Crippen molar-refractivity contribution in [2.45, 2.75) is 43.6 Å². The normalized spacial score (nSPS) is 23.5. The van der Waals surface area contributed by atoms with E-state index >= 15 is 0 Å². The number of carboxylic acids is 1. The van der Waals surface area contributed by atoms with Crippen molar-refractivity contribution in [3.63, 3.8) is 0 Å². The van der Waals surface area contributed by atoms with Gasteiger partial charge in [0.1, 0.15) is 0 Å². The summed E-state index contributed by atoms with van der Waals surface area (Å²) in [5.74, 6) is -3.05. The van der Waals surface area contributed by atoms with Gasteiger partial charge in [0.2, 0.25) is 0 Å². The number of nitrogens with one attached hydrogen (secondary N) is 1. The zero-order chi connectivity index (χ0) is 24.3. The number of benzene rings is 1. The summed E-state index contributed by atoms with van der Waals surface area (Å²) < 4.78 is 41.6. The average Bonchev–Trinajstić information content (AvgIpc) is 3.55. The molecule has 2 fully saturated rings. The Kier molecular flexibility index (Phi) is 5.12. The van der Waals surface area contributed by atoms with Gasteiger partial charge in [-0.1, -0.05) is 0 Å². The summed E-state index contributed by atoms with van der Waals surface area (Å²) in [6.07, 6.45) is 3.43. The minimum atomic E-state index is -1.31. The first-order valence-corrected chi connectivity index (χ1v) is 11.6. The van der Waals surface area contributed by atoms with Crippen LogP contribution in [0.15, 0.2) is 30.5 Å². The molecule has 0 bridgehead atoms. The number of fused-ring (bicyclic) bond motifs is 2. The molecular weight excluding hydrogens is 458 g/mol. The molecule has 0 saturated carbocycles. The molecule has 5 heterocycles. The maximum absolute atomic E-state index is 14.4. The lowest BCUT2D eigenvalue weighted by atomic mass is 9.85. The number of aromatic amines is 1. The van der Waals surface area contributed by atoms with E-state index in [2.05, 4.69) is 10.2 Å². The molecule has 3 aromatic heterocycles. The van der Waals surface area contributed by atoms with Crippen LogP contribution < -0.4 is 0 Å². The van der Waals surface area contributed by atoms with Crippen LogP contribution in [0.25, 0.3) is 27.8 Å². The molecule has 0 amide bonds. The number of aliphatic carboxylic acids is 1. The lowest BCUT2D eigenvalue weighted by Crippen LogP contribution is -2.34. The van der Waals surface area contributed by atoms with Crippen molar-refractivity contribution in [3.8, 4) is 5.69 Å². The number of pyridine rings is 1. The Labute approximate surface area is 198 Å². The molecule has 0 radical (unpaired) electrons. The first-order valence-electron chi connectivity index (χ1n) is 11.6. The number of ether oxygens (including phenoxy) is 2. The van der Waals surface area contributed by atoms with Crippen LogP contribution >= 0.6 is 0 Å². The molecule has 0 aliphatic carbocycles. The second kappa shape index (κ2) is 8.10. The summed E-state index contributed by atoms with van der Waals surface area (Å²) in [6, 6.07) is 5.79. The van der Waals surface area contributed by atoms with E-state index in [1.165, 1.54) is 6.07 Å². The van der Waals surface area contributed by atoms with E-state index in [1.54, 1.807) is 19.2 Å². The van der Waals surface area contributed by atoms with Crippen LogP contribution in [0.2, 0.25) is 0 Å². The first kappa shape index (κ1) is 22.1. The molecule has 1 unspecified atom stereocenters. The third-order valence-corrected chi connectivity index (χ3v) is 7.29. The fraction of sp³-hybridized carbons (Fsp3) is 0.400. The maximum Gasteiger partial charge on any atom is 0.335 e. The topological polar surface area (TPSA) is 102 Å². The zero-order valence-corrected chi connectivity index (χ0v) is 19.1. The van der Waals surface area contributed by atoms with Crippen molar-refractivity contribution >= 4 is 28.0 Å². The van der Waals surface area contributed by atoms with Gasteiger partial charge in [-0.05, 0) is 44.4 Å². The van der Waals surface area contributed by atoms with Crippen LogP contribution in [-0.2, 0) is 14.3 Å². The van der Waals surface area contributed by atoms with Crippen LogP contribution in [0.3, 0.4) is 0 Å². The summed E-state index contributed by atoms with van der Waals surface area (Å²) in [6.45, 7) is 2.96. The van der Waals surface area contributed by atoms with E-state index in [0.717, 1.165) is 41.1 Å². The van der Waals surface area contributed by atoms with Crippen molar-refractivity contribution in [1.82, 2.24) is 19.7 Å². The Morgan fingerprint density at radius 2 is 2.00 bits per heavy atom. The number of hydrogen-bond donors (Lipinski definition) is 2. The van der Waals surface area contributed by atoms with Crippen LogP contribution in [-0.4, -0.2) is 56.2 Å². The van der Waals surface area contributed by atoms with Crippen molar-refractivity contribution in [2.24, 2.45) is 0 Å². The predicted octanol–water partition coefficient (Wildman–Crippen LogP) is 4.42. The average molecular weight is 482 g/mol. The van der Waals surface area contributed by atoms with Crippen molar-refractivity contribution < 1.29 is 28.2 Å². The second-order valence-corrected chi connectivity index (χ2v) is 9.53. The van der Waals surface area contributed by atoms with Gasteiger partial charge in [0.25, 0.3) is 0 Å². The van der Waals surface area contributed by atoms with Crippen LogP contribution in [0.1, 0.15) is 49.3 Å². The number of carbonyl (C=O) groups is 1. The van der Waals surface area contributed by atoms with Gasteiger partial charge >= 0.3 is 5.97 Å². The molecule has 2 N–H and O–H groups in total. The first-order chi connectivity index (χ1) is 16.9. The molecule has 4 aromatic rings. The van der Waals surface area contributed by atoms with Gasteiger partial charge in [-0.3, -0.25) is 5.10 Å². The van der Waals surface area contributed by atoms with Gasteiger partial charge in [0, 0.05) is 53.4 Å². The fourth-order valence-corrected chi connectivity index (χ4v) is 5.49. The van der Waals surface area contributed by atoms with E-state index in [1.807, 2.05) is 10.6 Å². The van der Waals surface area contributed by atoms with E-state index < -0.39 is 23.2 Å². The minimum Gasteiger partial charge on any atom is -0.479 e. The largest absolute Gasteiger partial charge is 0.479 e. The van der Waals surface area contributed by atoms with Crippen molar-refractivity contribution in [3.05, 3.63) is 53.4 Å². The monoisotopic (exact) mass is 482 g/mol. The fourth-order valence-electron chi connectivity index (χ4n) is 5.49. The molecule has 6 rings (SSSR count). The summed E-state index contributed by atoms with van der Waals surface area (Å²) in [5.41, 5.74) is 2.97. The highest BCUT2D eigenvalue weighted by atomic mass is 19.2. The Balaban J connectivity index is 1.67. The highest BCUT2D eigenvalue weighted by Crippen LogP contribution is 2.46. The molecular formula is C25H24F2N4O4. The summed E-state index contributed by atoms with van der Waals surface area (Å²) in [4.78, 5) is 16.8. The number of carboxylic acid groups (broad SMARTS) is 1. The third-order valence-electron chi connectivity index (χ3n) is 7.29. The maximum atomic E-state index is 14.4. The lowest BCUT2D eigenvalue weighted by Gasteiger charge is -2.26. The van der Waals surface area contributed by atoms with Gasteiger partial charge in [-0.2, -0.15) is 5.10 Å². The standard InChI is InChI=1S/C25H24F2N4O4/c1-25(24(32)33)10-15(12-35-25)20-21-19(8-14-11-28-30-23(14)29-21)31(16-2-3-17(26)18(27)9-16)22(20)13-4-6-34-7-5-13/h2-3,8-9,11,13,15H,4-7,10,12H2,1H3,(H,32,33)(H,28,29,30)/t15?,25-/m0/s1. The molecule has 182 valence electrons. The molecule has 1 aromatic carbocycles. The van der Waals surface area contributed by atoms with Gasteiger partial charge in [-0.25, -0.2) is 18.6 Å². The van der Waals surface area contributed by atoms with Gasteiger partial charge in [0.15, 0.2) is 22.9 Å². The van der Waals surface area contributed by atoms with E-state index in [9.17, 15) is 18.7 Å². The quantitative estimate of drug-likeness (QED) is 0.447. The molecule has 2 aliphatic heterocycles. The minimum absolute atomic E-state index is 0.0641. The molecule has 10 heteroatoms. The van der Waals surface area contributed by atoms with Gasteiger partial charge < -0.3 is 19.1 Å². The van der Waals surface area contributed by atoms with Crippen LogP contribution in [0.5, 0.6) is 0 Å². The Bertz CT molecular complexity index is 1460. The van der Waals surface area contributed by atoms with Crippen LogP contribution in [0.4, 0.5) is 8.78 Å². The number of aromatic nitrogens is 4. The Morgan fingerprint density at radius 1 is 1.20 bits per heavy atom. The van der Waals surface area contributed by atoms with Gasteiger partial charge in [-0.15, -0.1) is 0 Å². The lowest BCUT2D eigenvalue weighted by molar-refractivity contribution is -0.157. The van der Waals surface area contributed by atoms with Crippen molar-refractivity contribution in [2.75, 3.05) is 19.8 Å². The second-order valence-electron chi connectivity index (χ2n) is 9.53. The summed E-state index contributed by atoms with van der Waals surface area (Å²) in [5, 5.41) is 17.5. The molecule has 2 saturated heterocycles. The number of rotatable bonds is 4. The van der Waals surface area contributed by atoms with E-state index in [-0.39, 0.29) is 24.9 Å². The van der Waals surface area contributed by atoms with E-state index in [0.29, 0.717) is 30.1 Å². The molecule has 2 aliphatic rings. The Hall–Kier alpha value is -3.37. The van der Waals surface area contributed by atoms with E-state index in [4.69, 9.17) is 14.5 Å². The predicted molar refractivity (Wildman–Crippen MR) is 123 cm³/mol. The molecule has 35 heavy (non-hydrogen) atoms. The smallest absolute Gasteiger partial charge is 0.335 e. The van der Waals surface area contributed by atoms with Crippen molar-refractivity contribution in [1.29, 1.82) is 0 Å².